The maximum absolute atomic E-state index is 11.5. The highest BCUT2D eigenvalue weighted by Crippen LogP contribution is 2.29. The van der Waals surface area contributed by atoms with E-state index in [1.54, 1.807) is 0 Å². The molecule has 2 fully saturated rings. The van der Waals surface area contributed by atoms with Crippen molar-refractivity contribution < 1.29 is 9.52 Å². The molecule has 5 nitrogen and oxygen atoms in total. The van der Waals surface area contributed by atoms with Crippen LogP contribution in [0.1, 0.15) is 37.9 Å². The first-order valence-electron chi connectivity index (χ1n) is 7.50. The number of piperidine rings is 1. The van der Waals surface area contributed by atoms with Crippen molar-refractivity contribution in [2.24, 2.45) is 0 Å². The molecule has 2 aliphatic rings. The molecule has 1 saturated heterocycles. The average molecular weight is 278 g/mol. The van der Waals surface area contributed by atoms with Crippen LogP contribution in [0, 0.1) is 0 Å². The van der Waals surface area contributed by atoms with E-state index in [1.807, 2.05) is 0 Å². The number of hydrogen-bond donors (Lipinski definition) is 2. The summed E-state index contributed by atoms with van der Waals surface area (Å²) >= 11 is 0. The molecule has 1 atom stereocenters. The van der Waals surface area contributed by atoms with Crippen LogP contribution in [0.2, 0.25) is 0 Å². The van der Waals surface area contributed by atoms with Crippen molar-refractivity contribution in [1.29, 1.82) is 0 Å². The Morgan fingerprint density at radius 2 is 2.20 bits per heavy atom. The Morgan fingerprint density at radius 3 is 2.85 bits per heavy atom. The molecule has 1 aromatic rings. The zero-order valence-electron chi connectivity index (χ0n) is 11.7. The smallest absolute Gasteiger partial charge is 0.226 e. The minimum Gasteiger partial charge on any atom is -0.502 e. The van der Waals surface area contributed by atoms with Crippen LogP contribution in [-0.2, 0) is 6.54 Å². The highest BCUT2D eigenvalue weighted by molar-refractivity contribution is 5.15. The summed E-state index contributed by atoms with van der Waals surface area (Å²) in [6, 6.07) is 2.57. The second kappa shape index (κ2) is 5.97. The van der Waals surface area contributed by atoms with Crippen molar-refractivity contribution >= 4 is 0 Å². The fourth-order valence-electron chi connectivity index (χ4n) is 2.87. The monoisotopic (exact) mass is 278 g/mol. The first-order chi connectivity index (χ1) is 9.72. The Kier molecular flexibility index (Phi) is 4.08. The molecule has 1 aliphatic carbocycles. The molecular weight excluding hydrogens is 256 g/mol. The van der Waals surface area contributed by atoms with Gasteiger partial charge in [-0.05, 0) is 32.2 Å². The van der Waals surface area contributed by atoms with E-state index in [2.05, 4.69) is 10.2 Å². The molecule has 0 amide bonds. The van der Waals surface area contributed by atoms with E-state index in [9.17, 15) is 9.90 Å². The highest BCUT2D eigenvalue weighted by Gasteiger charge is 2.31. The normalized spacial score (nSPS) is 23.1. The third kappa shape index (κ3) is 3.41. The molecule has 0 radical (unpaired) electrons. The standard InChI is InChI=1S/C15H22N2O3/c18-14-7-13(20-10-15(14)19)9-17(12-4-5-12)8-11-3-1-2-6-16-11/h7,10-12,16,19H,1-6,8-9H2. The summed E-state index contributed by atoms with van der Waals surface area (Å²) in [5.74, 6) is 0.316. The first-order valence-corrected chi connectivity index (χ1v) is 7.50. The van der Waals surface area contributed by atoms with Gasteiger partial charge >= 0.3 is 0 Å². The van der Waals surface area contributed by atoms with Crippen LogP contribution in [0.15, 0.2) is 21.5 Å². The SMILES string of the molecule is O=c1cc(CN(CC2CCCCN2)C2CC2)occ1O. The second-order valence-electron chi connectivity index (χ2n) is 5.90. The molecule has 1 saturated carbocycles. The van der Waals surface area contributed by atoms with Gasteiger partial charge in [-0.15, -0.1) is 0 Å². The van der Waals surface area contributed by atoms with E-state index in [0.717, 1.165) is 19.4 Å². The first kappa shape index (κ1) is 13.6. The quantitative estimate of drug-likeness (QED) is 0.853. The largest absolute Gasteiger partial charge is 0.502 e. The molecule has 1 aromatic heterocycles. The van der Waals surface area contributed by atoms with Crippen molar-refractivity contribution in [3.8, 4) is 5.75 Å². The number of aromatic hydroxyl groups is 1. The zero-order chi connectivity index (χ0) is 13.9. The lowest BCUT2D eigenvalue weighted by molar-refractivity contribution is 0.192. The van der Waals surface area contributed by atoms with Gasteiger partial charge in [-0.1, -0.05) is 6.42 Å². The molecule has 1 aliphatic heterocycles. The summed E-state index contributed by atoms with van der Waals surface area (Å²) in [6.45, 7) is 2.77. The molecule has 3 rings (SSSR count). The minimum absolute atomic E-state index is 0.319. The highest BCUT2D eigenvalue weighted by atomic mass is 16.4. The number of nitrogens with zero attached hydrogens (tertiary/aromatic N) is 1. The average Bonchev–Trinajstić information content (AvgIpc) is 3.28. The van der Waals surface area contributed by atoms with Gasteiger partial charge in [-0.3, -0.25) is 9.69 Å². The predicted molar refractivity (Wildman–Crippen MR) is 75.7 cm³/mol. The minimum atomic E-state index is -0.363. The van der Waals surface area contributed by atoms with Crippen molar-refractivity contribution in [3.05, 3.63) is 28.3 Å². The fourth-order valence-corrected chi connectivity index (χ4v) is 2.87. The van der Waals surface area contributed by atoms with Gasteiger partial charge in [0.25, 0.3) is 0 Å². The van der Waals surface area contributed by atoms with Gasteiger partial charge in [0.05, 0.1) is 6.54 Å². The fraction of sp³-hybridized carbons (Fsp3) is 0.667. The van der Waals surface area contributed by atoms with Crippen LogP contribution in [0.5, 0.6) is 5.75 Å². The van der Waals surface area contributed by atoms with Crippen molar-refractivity contribution in [3.63, 3.8) is 0 Å². The summed E-state index contributed by atoms with van der Waals surface area (Å²) in [5, 5.41) is 12.8. The molecule has 0 spiro atoms. The lowest BCUT2D eigenvalue weighted by atomic mass is 10.0. The molecule has 2 N–H and O–H groups in total. The Balaban J connectivity index is 1.64. The Morgan fingerprint density at radius 1 is 1.35 bits per heavy atom. The van der Waals surface area contributed by atoms with Crippen molar-refractivity contribution in [2.75, 3.05) is 13.1 Å². The molecular formula is C15H22N2O3. The maximum Gasteiger partial charge on any atom is 0.226 e. The lowest BCUT2D eigenvalue weighted by Crippen LogP contribution is -2.44. The lowest BCUT2D eigenvalue weighted by Gasteiger charge is -2.30. The number of nitrogens with one attached hydrogen (secondary N) is 1. The van der Waals surface area contributed by atoms with Gasteiger partial charge in [-0.2, -0.15) is 0 Å². The van der Waals surface area contributed by atoms with Gasteiger partial charge in [0.2, 0.25) is 5.43 Å². The predicted octanol–water partition coefficient (Wildman–Crippen LogP) is 1.45. The third-order valence-corrected chi connectivity index (χ3v) is 4.16. The van der Waals surface area contributed by atoms with Crippen molar-refractivity contribution in [2.45, 2.75) is 50.7 Å². The van der Waals surface area contributed by atoms with E-state index < -0.39 is 0 Å². The zero-order valence-corrected chi connectivity index (χ0v) is 11.7. The Hall–Kier alpha value is -1.33. The van der Waals surface area contributed by atoms with Crippen LogP contribution in [-0.4, -0.2) is 35.2 Å². The molecule has 2 heterocycles. The summed E-state index contributed by atoms with van der Waals surface area (Å²) in [6.07, 6.45) is 7.39. The van der Waals surface area contributed by atoms with Gasteiger partial charge in [0.1, 0.15) is 12.0 Å². The van der Waals surface area contributed by atoms with Crippen LogP contribution in [0.25, 0.3) is 0 Å². The Labute approximate surface area is 118 Å². The van der Waals surface area contributed by atoms with E-state index in [0.29, 0.717) is 24.4 Å². The van der Waals surface area contributed by atoms with E-state index >= 15 is 0 Å². The molecule has 1 unspecified atom stereocenters. The molecule has 110 valence electrons. The van der Waals surface area contributed by atoms with E-state index in [4.69, 9.17) is 4.42 Å². The molecule has 0 aromatic carbocycles. The van der Waals surface area contributed by atoms with Crippen LogP contribution in [0.3, 0.4) is 0 Å². The molecule has 0 bridgehead atoms. The number of hydrogen-bond acceptors (Lipinski definition) is 5. The topological polar surface area (TPSA) is 65.7 Å². The number of rotatable bonds is 5. The summed E-state index contributed by atoms with van der Waals surface area (Å²) in [5.41, 5.74) is -0.363. The van der Waals surface area contributed by atoms with Gasteiger partial charge < -0.3 is 14.8 Å². The van der Waals surface area contributed by atoms with Crippen molar-refractivity contribution in [1.82, 2.24) is 10.2 Å². The Bertz CT molecular complexity index is 504. The van der Waals surface area contributed by atoms with Crippen LogP contribution >= 0.6 is 0 Å². The third-order valence-electron chi connectivity index (χ3n) is 4.16. The van der Waals surface area contributed by atoms with Crippen LogP contribution < -0.4 is 10.7 Å². The van der Waals surface area contributed by atoms with Gasteiger partial charge in [0.15, 0.2) is 5.75 Å². The van der Waals surface area contributed by atoms with Gasteiger partial charge in [-0.25, -0.2) is 0 Å². The summed E-state index contributed by atoms with van der Waals surface area (Å²) < 4.78 is 5.32. The molecule has 20 heavy (non-hydrogen) atoms. The maximum atomic E-state index is 11.5. The van der Waals surface area contributed by atoms with E-state index in [-0.39, 0.29) is 11.2 Å². The van der Waals surface area contributed by atoms with E-state index in [1.165, 1.54) is 38.2 Å². The van der Waals surface area contributed by atoms with Crippen LogP contribution in [0.4, 0.5) is 0 Å². The second-order valence-corrected chi connectivity index (χ2v) is 5.90. The summed E-state index contributed by atoms with van der Waals surface area (Å²) in [4.78, 5) is 13.9. The molecule has 5 heteroatoms. The summed E-state index contributed by atoms with van der Waals surface area (Å²) in [7, 11) is 0. The van der Waals surface area contributed by atoms with Gasteiger partial charge in [0, 0.05) is 24.7 Å².